The van der Waals surface area contributed by atoms with Gasteiger partial charge in [0.25, 0.3) is 0 Å². The number of rotatable bonds is 4. The second kappa shape index (κ2) is 6.59. The molecule has 0 bridgehead atoms. The third-order valence-corrected chi connectivity index (χ3v) is 6.19. The van der Waals surface area contributed by atoms with Gasteiger partial charge in [-0.3, -0.25) is 0 Å². The molecule has 0 radical (unpaired) electrons. The normalized spacial score (nSPS) is 12.0. The van der Waals surface area contributed by atoms with E-state index in [9.17, 15) is 15.3 Å². The Morgan fingerprint density at radius 3 is 1.67 bits per heavy atom. The van der Waals surface area contributed by atoms with E-state index < -0.39 is 11.2 Å². The molecule has 2 aromatic heterocycles. The van der Waals surface area contributed by atoms with Crippen LogP contribution in [0, 0.1) is 0 Å². The summed E-state index contributed by atoms with van der Waals surface area (Å²) in [7, 11) is 0. The minimum atomic E-state index is -0.679. The highest BCUT2D eigenvalue weighted by Gasteiger charge is 2.39. The number of aromatic hydroxyl groups is 3. The number of para-hydroxylation sites is 2. The van der Waals surface area contributed by atoms with Crippen LogP contribution in [0.3, 0.4) is 0 Å². The van der Waals surface area contributed by atoms with E-state index in [4.69, 9.17) is 0 Å². The molecule has 5 nitrogen and oxygen atoms in total. The Morgan fingerprint density at radius 1 is 0.733 bits per heavy atom. The smallest absolute Gasteiger partial charge is 0.200 e. The van der Waals surface area contributed by atoms with Crippen LogP contribution in [0.1, 0.15) is 30.0 Å². The number of hydrogen-bond acceptors (Lipinski definition) is 3. The van der Waals surface area contributed by atoms with Crippen LogP contribution in [-0.4, -0.2) is 25.3 Å². The summed E-state index contributed by atoms with van der Waals surface area (Å²) in [6.07, 6.45) is 4.66. The van der Waals surface area contributed by atoms with E-state index in [0.717, 1.165) is 32.9 Å². The maximum Gasteiger partial charge on any atom is 0.200 e. The van der Waals surface area contributed by atoms with E-state index >= 15 is 0 Å². The lowest BCUT2D eigenvalue weighted by molar-refractivity contribution is 0.365. The van der Waals surface area contributed by atoms with Gasteiger partial charge in [0.15, 0.2) is 17.2 Å². The third-order valence-electron chi connectivity index (χ3n) is 6.19. The first-order valence-corrected chi connectivity index (χ1v) is 9.95. The second-order valence-corrected chi connectivity index (χ2v) is 7.62. The summed E-state index contributed by atoms with van der Waals surface area (Å²) < 4.78 is 0. The van der Waals surface area contributed by atoms with E-state index in [1.807, 2.05) is 48.8 Å². The molecule has 0 aliphatic rings. The molecule has 30 heavy (non-hydrogen) atoms. The van der Waals surface area contributed by atoms with Gasteiger partial charge in [0, 0.05) is 39.6 Å². The lowest BCUT2D eigenvalue weighted by atomic mass is 9.67. The van der Waals surface area contributed by atoms with Crippen LogP contribution in [-0.2, 0) is 5.41 Å². The molecule has 0 unspecified atom stereocenters. The quantitative estimate of drug-likeness (QED) is 0.258. The van der Waals surface area contributed by atoms with Crippen molar-refractivity contribution in [3.8, 4) is 17.2 Å². The first-order valence-electron chi connectivity index (χ1n) is 9.95. The molecule has 0 atom stereocenters. The van der Waals surface area contributed by atoms with Crippen molar-refractivity contribution < 1.29 is 15.3 Å². The maximum atomic E-state index is 10.3. The molecule has 2 heterocycles. The molecule has 5 heteroatoms. The average molecular weight is 398 g/mol. The van der Waals surface area contributed by atoms with Gasteiger partial charge in [0.05, 0.1) is 0 Å². The summed E-state index contributed by atoms with van der Waals surface area (Å²) in [5.41, 5.74) is 4.12. The van der Waals surface area contributed by atoms with Crippen LogP contribution in [0.4, 0.5) is 0 Å². The van der Waals surface area contributed by atoms with Crippen LogP contribution in [0.25, 0.3) is 21.8 Å². The minimum Gasteiger partial charge on any atom is -0.504 e. The zero-order chi connectivity index (χ0) is 20.9. The predicted molar refractivity (Wildman–Crippen MR) is 118 cm³/mol. The van der Waals surface area contributed by atoms with Gasteiger partial charge in [0.1, 0.15) is 0 Å². The third kappa shape index (κ3) is 2.42. The molecule has 150 valence electrons. The number of fused-ring (bicyclic) bond motifs is 2. The highest BCUT2D eigenvalue weighted by molar-refractivity contribution is 5.90. The highest BCUT2D eigenvalue weighted by Crippen LogP contribution is 2.50. The SMILES string of the molecule is CCC(c1cc(O)c(O)c(O)c1)(c1c[nH]c2ccccc12)c1c[nH]c2ccccc12. The number of benzene rings is 3. The van der Waals surface area contributed by atoms with Gasteiger partial charge in [-0.25, -0.2) is 0 Å². The summed E-state index contributed by atoms with van der Waals surface area (Å²) in [6.45, 7) is 2.09. The van der Waals surface area contributed by atoms with Crippen LogP contribution >= 0.6 is 0 Å². The Hall–Kier alpha value is -3.86. The van der Waals surface area contributed by atoms with E-state index in [-0.39, 0.29) is 11.5 Å². The standard InChI is InChI=1S/C25H22N2O3/c1-2-25(15-11-22(28)24(30)23(29)12-15,18-13-26-20-9-5-3-7-16(18)20)19-14-27-21-10-6-4-8-17(19)21/h3-14,26-30H,2H2,1H3. The van der Waals surface area contributed by atoms with Crippen molar-refractivity contribution in [3.63, 3.8) is 0 Å². The summed E-state index contributed by atoms with van der Waals surface area (Å²) >= 11 is 0. The van der Waals surface area contributed by atoms with E-state index in [2.05, 4.69) is 29.0 Å². The fourth-order valence-electron chi connectivity index (χ4n) is 4.74. The summed E-state index contributed by atoms with van der Waals surface area (Å²) in [5.74, 6) is -1.20. The molecule has 3 aromatic carbocycles. The second-order valence-electron chi connectivity index (χ2n) is 7.62. The molecular weight excluding hydrogens is 376 g/mol. The summed E-state index contributed by atoms with van der Waals surface area (Å²) in [5, 5.41) is 32.8. The van der Waals surface area contributed by atoms with E-state index in [1.54, 1.807) is 12.1 Å². The zero-order valence-electron chi connectivity index (χ0n) is 16.5. The van der Waals surface area contributed by atoms with Gasteiger partial charge in [-0.05, 0) is 47.4 Å². The topological polar surface area (TPSA) is 92.3 Å². The molecule has 0 saturated heterocycles. The van der Waals surface area contributed by atoms with Crippen LogP contribution < -0.4 is 0 Å². The van der Waals surface area contributed by atoms with Crippen molar-refractivity contribution in [1.82, 2.24) is 9.97 Å². The first-order chi connectivity index (χ1) is 14.6. The number of nitrogens with one attached hydrogen (secondary N) is 2. The molecule has 5 aromatic rings. The van der Waals surface area contributed by atoms with Gasteiger partial charge in [0.2, 0.25) is 0 Å². The largest absolute Gasteiger partial charge is 0.504 e. The molecule has 0 aliphatic carbocycles. The van der Waals surface area contributed by atoms with Gasteiger partial charge < -0.3 is 25.3 Å². The molecule has 5 N–H and O–H groups in total. The Labute approximate surface area is 173 Å². The minimum absolute atomic E-state index is 0.345. The highest BCUT2D eigenvalue weighted by atomic mass is 16.3. The molecule has 0 fully saturated rings. The van der Waals surface area contributed by atoms with Crippen molar-refractivity contribution >= 4 is 21.8 Å². The monoisotopic (exact) mass is 398 g/mol. The Bertz CT molecular complexity index is 1280. The number of aromatic nitrogens is 2. The number of phenolic OH excluding ortho intramolecular Hbond substituents is 3. The molecule has 0 saturated carbocycles. The lowest BCUT2D eigenvalue weighted by Crippen LogP contribution is -2.28. The summed E-state index contributed by atoms with van der Waals surface area (Å²) in [6, 6.07) is 19.3. The molecule has 0 amide bonds. The van der Waals surface area contributed by atoms with Crippen molar-refractivity contribution in [2.45, 2.75) is 18.8 Å². The Morgan fingerprint density at radius 2 is 1.20 bits per heavy atom. The summed E-state index contributed by atoms with van der Waals surface area (Å²) in [4.78, 5) is 6.73. The molecular formula is C25H22N2O3. The van der Waals surface area contributed by atoms with Crippen LogP contribution in [0.5, 0.6) is 17.2 Å². The van der Waals surface area contributed by atoms with Gasteiger partial charge in [-0.2, -0.15) is 0 Å². The zero-order valence-corrected chi connectivity index (χ0v) is 16.5. The fraction of sp³-hybridized carbons (Fsp3) is 0.120. The van der Waals surface area contributed by atoms with Crippen molar-refractivity contribution in [3.05, 3.63) is 89.7 Å². The average Bonchev–Trinajstić information content (AvgIpc) is 3.39. The maximum absolute atomic E-state index is 10.3. The van der Waals surface area contributed by atoms with E-state index in [0.29, 0.717) is 12.0 Å². The van der Waals surface area contributed by atoms with Gasteiger partial charge in [-0.15, -0.1) is 0 Å². The number of hydrogen-bond donors (Lipinski definition) is 5. The number of aromatic amines is 2. The first kappa shape index (κ1) is 18.2. The molecule has 0 aliphatic heterocycles. The van der Waals surface area contributed by atoms with Crippen LogP contribution in [0.15, 0.2) is 73.1 Å². The number of H-pyrrole nitrogens is 2. The van der Waals surface area contributed by atoms with E-state index in [1.165, 1.54) is 0 Å². The Balaban J connectivity index is 1.93. The van der Waals surface area contributed by atoms with Crippen molar-refractivity contribution in [2.24, 2.45) is 0 Å². The molecule has 0 spiro atoms. The van der Waals surface area contributed by atoms with Crippen molar-refractivity contribution in [1.29, 1.82) is 0 Å². The van der Waals surface area contributed by atoms with Crippen molar-refractivity contribution in [2.75, 3.05) is 0 Å². The van der Waals surface area contributed by atoms with Gasteiger partial charge >= 0.3 is 0 Å². The lowest BCUT2D eigenvalue weighted by Gasteiger charge is -2.34. The predicted octanol–water partition coefficient (Wildman–Crippen LogP) is 5.51. The van der Waals surface area contributed by atoms with Gasteiger partial charge in [-0.1, -0.05) is 43.3 Å². The number of phenols is 3. The molecule has 5 rings (SSSR count). The fourth-order valence-corrected chi connectivity index (χ4v) is 4.74. The Kier molecular flexibility index (Phi) is 4.00. The van der Waals surface area contributed by atoms with Crippen LogP contribution in [0.2, 0.25) is 0 Å².